The molecule has 0 fully saturated rings. The number of primary sulfonamides is 1. The lowest BCUT2D eigenvalue weighted by molar-refractivity contribution is 0.281. The molecule has 0 bridgehead atoms. The van der Waals surface area contributed by atoms with E-state index in [1.54, 1.807) is 12.1 Å². The van der Waals surface area contributed by atoms with E-state index in [9.17, 15) is 8.42 Å². The lowest BCUT2D eigenvalue weighted by Crippen LogP contribution is -2.30. The minimum atomic E-state index is -3.62. The van der Waals surface area contributed by atoms with Crippen molar-refractivity contribution in [3.8, 4) is 0 Å². The average Bonchev–Trinajstić information content (AvgIpc) is 2.72. The Balaban J connectivity index is 1.65. The number of fused-ring (bicyclic) bond motifs is 1. The molecule has 2 N–H and O–H groups in total. The molecule has 0 amide bonds. The van der Waals surface area contributed by atoms with Gasteiger partial charge < -0.3 is 4.90 Å². The van der Waals surface area contributed by atoms with Crippen molar-refractivity contribution >= 4 is 15.7 Å². The molecule has 0 unspecified atom stereocenters. The quantitative estimate of drug-likeness (QED) is 0.918. The van der Waals surface area contributed by atoms with Crippen molar-refractivity contribution < 1.29 is 8.42 Å². The van der Waals surface area contributed by atoms with Gasteiger partial charge in [0.05, 0.1) is 4.90 Å². The van der Waals surface area contributed by atoms with Gasteiger partial charge in [0, 0.05) is 38.9 Å². The van der Waals surface area contributed by atoms with Gasteiger partial charge >= 0.3 is 0 Å². The normalized spacial score (nSPS) is 15.8. The van der Waals surface area contributed by atoms with Crippen LogP contribution in [0.2, 0.25) is 0 Å². The van der Waals surface area contributed by atoms with Gasteiger partial charge in [-0.1, -0.05) is 30.3 Å². The molecule has 3 rings (SSSR count). The molecule has 0 spiro atoms. The van der Waals surface area contributed by atoms with Crippen LogP contribution in [0.4, 0.5) is 5.69 Å². The summed E-state index contributed by atoms with van der Waals surface area (Å²) < 4.78 is 22.6. The summed E-state index contributed by atoms with van der Waals surface area (Å²) in [6.07, 6.45) is 0.886. The first-order valence-corrected chi connectivity index (χ1v) is 9.61. The lowest BCUT2D eigenvalue weighted by atomic mass is 10.1. The van der Waals surface area contributed by atoms with E-state index in [-0.39, 0.29) is 4.90 Å². The van der Waals surface area contributed by atoms with Crippen LogP contribution in [0.5, 0.6) is 0 Å². The first kappa shape index (κ1) is 17.0. The van der Waals surface area contributed by atoms with Gasteiger partial charge in [-0.15, -0.1) is 0 Å². The van der Waals surface area contributed by atoms with E-state index in [1.807, 2.05) is 12.1 Å². The Morgan fingerprint density at radius 3 is 2.46 bits per heavy atom. The third-order valence-electron chi connectivity index (χ3n) is 4.52. The van der Waals surface area contributed by atoms with Crippen molar-refractivity contribution in [1.82, 2.24) is 4.90 Å². The standard InChI is InChI=1S/C18H23N3O2S/c1-20-12-13-21(14-16-4-2-3-5-18(16)20)11-10-15-6-8-17(9-7-15)24(19,22)23/h2-9H,10-14H2,1H3,(H2,19,22,23). The molecule has 6 heteroatoms. The van der Waals surface area contributed by atoms with Crippen molar-refractivity contribution in [2.45, 2.75) is 17.9 Å². The molecule has 5 nitrogen and oxygen atoms in total. The fourth-order valence-electron chi connectivity index (χ4n) is 3.07. The molecule has 24 heavy (non-hydrogen) atoms. The fourth-order valence-corrected chi connectivity index (χ4v) is 3.59. The maximum Gasteiger partial charge on any atom is 0.238 e. The summed E-state index contributed by atoms with van der Waals surface area (Å²) in [7, 11) is -1.48. The summed E-state index contributed by atoms with van der Waals surface area (Å²) in [4.78, 5) is 4.91. The van der Waals surface area contributed by atoms with E-state index >= 15 is 0 Å². The lowest BCUT2D eigenvalue weighted by Gasteiger charge is -2.20. The Bertz CT molecular complexity index is 803. The smallest absolute Gasteiger partial charge is 0.238 e. The van der Waals surface area contributed by atoms with E-state index in [1.165, 1.54) is 11.3 Å². The van der Waals surface area contributed by atoms with Gasteiger partial charge in [0.2, 0.25) is 10.0 Å². The summed E-state index contributed by atoms with van der Waals surface area (Å²) in [5.41, 5.74) is 3.77. The third-order valence-corrected chi connectivity index (χ3v) is 5.45. The van der Waals surface area contributed by atoms with Crippen molar-refractivity contribution in [3.05, 3.63) is 59.7 Å². The predicted octanol–water partition coefficient (Wildman–Crippen LogP) is 1.83. The Morgan fingerprint density at radius 1 is 1.04 bits per heavy atom. The van der Waals surface area contributed by atoms with E-state index in [4.69, 9.17) is 5.14 Å². The fraction of sp³-hybridized carbons (Fsp3) is 0.333. The van der Waals surface area contributed by atoms with Gasteiger partial charge in [0.1, 0.15) is 0 Å². The Labute approximate surface area is 143 Å². The topological polar surface area (TPSA) is 66.6 Å². The van der Waals surface area contributed by atoms with Gasteiger partial charge in [0.25, 0.3) is 0 Å². The summed E-state index contributed by atoms with van der Waals surface area (Å²) in [5, 5.41) is 5.13. The minimum Gasteiger partial charge on any atom is -0.373 e. The van der Waals surface area contributed by atoms with E-state index in [0.717, 1.165) is 38.2 Å². The maximum atomic E-state index is 11.3. The number of para-hydroxylation sites is 1. The van der Waals surface area contributed by atoms with Crippen LogP contribution >= 0.6 is 0 Å². The number of nitrogens with zero attached hydrogens (tertiary/aromatic N) is 2. The van der Waals surface area contributed by atoms with E-state index in [2.05, 4.69) is 41.1 Å². The molecule has 1 aliphatic heterocycles. The Morgan fingerprint density at radius 2 is 1.75 bits per heavy atom. The van der Waals surface area contributed by atoms with Gasteiger partial charge in [-0.2, -0.15) is 0 Å². The zero-order valence-corrected chi connectivity index (χ0v) is 14.7. The molecular weight excluding hydrogens is 322 g/mol. The molecule has 128 valence electrons. The number of hydrogen-bond acceptors (Lipinski definition) is 4. The SMILES string of the molecule is CN1CCN(CCc2ccc(S(N)(=O)=O)cc2)Cc2ccccc21. The summed E-state index contributed by atoms with van der Waals surface area (Å²) in [6, 6.07) is 15.4. The van der Waals surface area contributed by atoms with Gasteiger partial charge in [-0.3, -0.25) is 4.90 Å². The highest BCUT2D eigenvalue weighted by atomic mass is 32.2. The van der Waals surface area contributed by atoms with E-state index in [0.29, 0.717) is 0 Å². The average molecular weight is 345 g/mol. The van der Waals surface area contributed by atoms with Gasteiger partial charge in [0.15, 0.2) is 0 Å². The summed E-state index contributed by atoms with van der Waals surface area (Å²) in [6.45, 7) is 3.90. The zero-order valence-electron chi connectivity index (χ0n) is 13.9. The van der Waals surface area contributed by atoms with Crippen LogP contribution < -0.4 is 10.0 Å². The monoisotopic (exact) mass is 345 g/mol. The molecule has 1 heterocycles. The molecular formula is C18H23N3O2S. The number of anilines is 1. The first-order valence-electron chi connectivity index (χ1n) is 8.06. The highest BCUT2D eigenvalue weighted by Gasteiger charge is 2.16. The summed E-state index contributed by atoms with van der Waals surface area (Å²) in [5.74, 6) is 0. The molecule has 0 aliphatic carbocycles. The molecule has 0 saturated heterocycles. The maximum absolute atomic E-state index is 11.3. The minimum absolute atomic E-state index is 0.163. The van der Waals surface area contributed by atoms with Crippen molar-refractivity contribution in [2.75, 3.05) is 31.6 Å². The van der Waals surface area contributed by atoms with Crippen LogP contribution in [-0.4, -0.2) is 40.0 Å². The second-order valence-corrected chi connectivity index (χ2v) is 7.83. The molecule has 2 aromatic carbocycles. The van der Waals surface area contributed by atoms with E-state index < -0.39 is 10.0 Å². The summed E-state index contributed by atoms with van der Waals surface area (Å²) >= 11 is 0. The van der Waals surface area contributed by atoms with Gasteiger partial charge in [-0.25, -0.2) is 13.6 Å². The van der Waals surface area contributed by atoms with Gasteiger partial charge in [-0.05, 0) is 35.7 Å². The second kappa shape index (κ2) is 6.93. The highest BCUT2D eigenvalue weighted by molar-refractivity contribution is 7.89. The van der Waals surface area contributed by atoms with Crippen LogP contribution in [-0.2, 0) is 23.0 Å². The number of benzene rings is 2. The van der Waals surface area contributed by atoms with Crippen LogP contribution in [0, 0.1) is 0 Å². The highest BCUT2D eigenvalue weighted by Crippen LogP contribution is 2.23. The zero-order chi connectivity index (χ0) is 17.2. The molecule has 0 saturated carbocycles. The van der Waals surface area contributed by atoms with Crippen molar-refractivity contribution in [1.29, 1.82) is 0 Å². The van der Waals surface area contributed by atoms with Crippen molar-refractivity contribution in [3.63, 3.8) is 0 Å². The number of nitrogens with two attached hydrogens (primary N) is 1. The molecule has 0 radical (unpaired) electrons. The third kappa shape index (κ3) is 3.95. The molecule has 0 atom stereocenters. The number of hydrogen-bond donors (Lipinski definition) is 1. The predicted molar refractivity (Wildman–Crippen MR) is 96.5 cm³/mol. The number of likely N-dealkylation sites (N-methyl/N-ethyl adjacent to an activating group) is 1. The Hall–Kier alpha value is -1.89. The molecule has 0 aromatic heterocycles. The Kier molecular flexibility index (Phi) is 4.89. The first-order chi connectivity index (χ1) is 11.4. The van der Waals surface area contributed by atoms with Crippen molar-refractivity contribution in [2.24, 2.45) is 5.14 Å². The number of sulfonamides is 1. The largest absolute Gasteiger partial charge is 0.373 e. The molecule has 2 aromatic rings. The molecule has 1 aliphatic rings. The van der Waals surface area contributed by atoms with Crippen LogP contribution in [0.25, 0.3) is 0 Å². The van der Waals surface area contributed by atoms with Crippen LogP contribution in [0.3, 0.4) is 0 Å². The second-order valence-electron chi connectivity index (χ2n) is 6.27. The van der Waals surface area contributed by atoms with Crippen LogP contribution in [0.15, 0.2) is 53.4 Å². The van der Waals surface area contributed by atoms with Crippen LogP contribution in [0.1, 0.15) is 11.1 Å². The number of rotatable bonds is 4.